The van der Waals surface area contributed by atoms with E-state index in [1.165, 1.54) is 0 Å². The summed E-state index contributed by atoms with van der Waals surface area (Å²) in [5, 5.41) is 3.32. The van der Waals surface area contributed by atoms with E-state index in [0.717, 1.165) is 4.47 Å². The van der Waals surface area contributed by atoms with E-state index in [9.17, 15) is 4.79 Å². The minimum Gasteiger partial charge on any atom is -0.368 e. The van der Waals surface area contributed by atoms with Crippen LogP contribution in [0.25, 0.3) is 0 Å². The number of carbonyl (C=O) groups excluding carboxylic acids is 1. The van der Waals surface area contributed by atoms with Crippen LogP contribution in [0.3, 0.4) is 0 Å². The smallest absolute Gasteiger partial charge is 0.239 e. The number of benzene rings is 1. The molecule has 1 rings (SSSR count). The Morgan fingerprint density at radius 1 is 1.64 bits per heavy atom. The number of likely N-dealkylation sites (N-methyl/N-ethyl adjacent to an activating group) is 1. The van der Waals surface area contributed by atoms with Crippen LogP contribution >= 0.6 is 27.5 Å². The van der Waals surface area contributed by atoms with E-state index >= 15 is 0 Å². The van der Waals surface area contributed by atoms with Crippen molar-refractivity contribution in [3.8, 4) is 0 Å². The molecule has 76 valence electrons. The van der Waals surface area contributed by atoms with Gasteiger partial charge in [-0.25, -0.2) is 0 Å². The van der Waals surface area contributed by atoms with Gasteiger partial charge in [-0.2, -0.15) is 0 Å². The summed E-state index contributed by atoms with van der Waals surface area (Å²) in [6, 6.07) is 4.76. The van der Waals surface area contributed by atoms with Crippen molar-refractivity contribution in [1.29, 1.82) is 0 Å². The molecule has 0 bridgehead atoms. The van der Waals surface area contributed by atoms with Crippen molar-refractivity contribution in [3.63, 3.8) is 0 Å². The van der Waals surface area contributed by atoms with Crippen LogP contribution in [0.4, 0.5) is 0 Å². The maximum Gasteiger partial charge on any atom is 0.239 e. The van der Waals surface area contributed by atoms with Gasteiger partial charge in [0.1, 0.15) is 6.04 Å². The number of hydrogen-bond acceptors (Lipinski definition) is 2. The van der Waals surface area contributed by atoms with Crippen LogP contribution in [0.5, 0.6) is 0 Å². The van der Waals surface area contributed by atoms with Crippen molar-refractivity contribution in [2.45, 2.75) is 6.04 Å². The highest BCUT2D eigenvalue weighted by atomic mass is 79.9. The third kappa shape index (κ3) is 2.47. The normalized spacial score (nSPS) is 12.5. The number of amides is 1. The number of carbonyl (C=O) groups is 1. The number of hydrogen-bond donors (Lipinski definition) is 2. The fraction of sp³-hybridized carbons (Fsp3) is 0.222. The Bertz CT molecular complexity index is 357. The molecule has 14 heavy (non-hydrogen) atoms. The van der Waals surface area contributed by atoms with Crippen molar-refractivity contribution in [2.75, 3.05) is 7.05 Å². The minimum absolute atomic E-state index is 0.447. The van der Waals surface area contributed by atoms with Crippen LogP contribution < -0.4 is 11.1 Å². The van der Waals surface area contributed by atoms with Crippen LogP contribution in [0.1, 0.15) is 11.6 Å². The molecular weight excluding hydrogens is 267 g/mol. The topological polar surface area (TPSA) is 55.1 Å². The lowest BCUT2D eigenvalue weighted by Gasteiger charge is -2.14. The zero-order valence-electron chi connectivity index (χ0n) is 7.55. The number of nitrogens with one attached hydrogen (secondary N) is 1. The molecule has 3 nitrogen and oxygen atoms in total. The molecule has 0 heterocycles. The third-order valence-corrected chi connectivity index (χ3v) is 2.67. The molecule has 0 spiro atoms. The Balaban J connectivity index is 3.10. The molecule has 1 amide bonds. The Morgan fingerprint density at radius 3 is 2.71 bits per heavy atom. The first kappa shape index (κ1) is 11.5. The predicted molar refractivity (Wildman–Crippen MR) is 60.1 cm³/mol. The second-order valence-corrected chi connectivity index (χ2v) is 4.11. The van der Waals surface area contributed by atoms with Crippen molar-refractivity contribution < 1.29 is 4.79 Å². The summed E-state index contributed by atoms with van der Waals surface area (Å²) in [7, 11) is 1.66. The van der Waals surface area contributed by atoms with Gasteiger partial charge in [-0.1, -0.05) is 33.6 Å². The van der Waals surface area contributed by atoms with Crippen molar-refractivity contribution in [1.82, 2.24) is 5.32 Å². The van der Waals surface area contributed by atoms with Gasteiger partial charge in [-0.3, -0.25) is 4.79 Å². The molecule has 5 heteroatoms. The quantitative estimate of drug-likeness (QED) is 0.886. The lowest BCUT2D eigenvalue weighted by atomic mass is 10.1. The van der Waals surface area contributed by atoms with E-state index in [4.69, 9.17) is 17.3 Å². The van der Waals surface area contributed by atoms with E-state index < -0.39 is 11.9 Å². The average Bonchev–Trinajstić information content (AvgIpc) is 2.09. The van der Waals surface area contributed by atoms with Crippen LogP contribution in [-0.2, 0) is 4.79 Å². The lowest BCUT2D eigenvalue weighted by Crippen LogP contribution is -2.31. The van der Waals surface area contributed by atoms with Gasteiger partial charge < -0.3 is 11.1 Å². The zero-order valence-corrected chi connectivity index (χ0v) is 9.89. The first-order valence-electron chi connectivity index (χ1n) is 3.97. The summed E-state index contributed by atoms with van der Waals surface area (Å²) >= 11 is 9.25. The summed E-state index contributed by atoms with van der Waals surface area (Å²) in [6.07, 6.45) is 0. The molecule has 0 radical (unpaired) electrons. The monoisotopic (exact) mass is 276 g/mol. The highest BCUT2D eigenvalue weighted by Gasteiger charge is 2.17. The summed E-state index contributed by atoms with van der Waals surface area (Å²) in [5.74, 6) is -0.447. The van der Waals surface area contributed by atoms with Crippen molar-refractivity contribution >= 4 is 33.4 Å². The largest absolute Gasteiger partial charge is 0.368 e. The fourth-order valence-electron chi connectivity index (χ4n) is 1.19. The molecule has 1 aromatic carbocycles. The van der Waals surface area contributed by atoms with Gasteiger partial charge in [-0.05, 0) is 24.7 Å². The Kier molecular flexibility index (Phi) is 3.92. The highest BCUT2D eigenvalue weighted by Crippen LogP contribution is 2.26. The standard InChI is InChI=1S/C9H10BrClN2O/c1-13-8(9(12)14)6-3-2-5(10)4-7(6)11/h2-4,8,13H,1H3,(H2,12,14). The van der Waals surface area contributed by atoms with Crippen LogP contribution in [0, 0.1) is 0 Å². The first-order valence-corrected chi connectivity index (χ1v) is 5.15. The molecule has 1 aromatic rings. The molecule has 0 saturated carbocycles. The van der Waals surface area contributed by atoms with E-state index in [1.54, 1.807) is 19.2 Å². The Hall–Kier alpha value is -0.580. The molecule has 0 fully saturated rings. The number of halogens is 2. The Morgan fingerprint density at radius 2 is 2.29 bits per heavy atom. The van der Waals surface area contributed by atoms with Gasteiger partial charge >= 0.3 is 0 Å². The molecule has 0 aliphatic carbocycles. The van der Waals surface area contributed by atoms with Gasteiger partial charge in [0.25, 0.3) is 0 Å². The fourth-order valence-corrected chi connectivity index (χ4v) is 1.97. The molecule has 0 saturated heterocycles. The van der Waals surface area contributed by atoms with Crippen LogP contribution in [0.2, 0.25) is 5.02 Å². The van der Waals surface area contributed by atoms with E-state index in [2.05, 4.69) is 21.2 Å². The molecule has 1 atom stereocenters. The molecule has 0 aliphatic rings. The first-order chi connectivity index (χ1) is 6.56. The summed E-state index contributed by atoms with van der Waals surface area (Å²) in [5.41, 5.74) is 5.90. The maximum absolute atomic E-state index is 11.1. The second-order valence-electron chi connectivity index (χ2n) is 2.79. The Labute approximate surface area is 95.7 Å². The van der Waals surface area contributed by atoms with E-state index in [0.29, 0.717) is 10.6 Å². The molecule has 3 N–H and O–H groups in total. The second kappa shape index (κ2) is 4.77. The summed E-state index contributed by atoms with van der Waals surface area (Å²) < 4.78 is 0.866. The van der Waals surface area contributed by atoms with Crippen molar-refractivity contribution in [2.24, 2.45) is 5.73 Å². The van der Waals surface area contributed by atoms with Crippen LogP contribution in [-0.4, -0.2) is 13.0 Å². The van der Waals surface area contributed by atoms with E-state index in [1.807, 2.05) is 6.07 Å². The maximum atomic E-state index is 11.1. The minimum atomic E-state index is -0.546. The number of primary amides is 1. The van der Waals surface area contributed by atoms with Crippen molar-refractivity contribution in [3.05, 3.63) is 33.3 Å². The lowest BCUT2D eigenvalue weighted by molar-refractivity contribution is -0.120. The van der Waals surface area contributed by atoms with Gasteiger partial charge in [0.05, 0.1) is 0 Å². The zero-order chi connectivity index (χ0) is 10.7. The van der Waals surface area contributed by atoms with Gasteiger partial charge in [0.2, 0.25) is 5.91 Å². The van der Waals surface area contributed by atoms with Gasteiger partial charge in [0, 0.05) is 9.50 Å². The predicted octanol–water partition coefficient (Wildman–Crippen LogP) is 1.85. The molecule has 0 aliphatic heterocycles. The van der Waals surface area contributed by atoms with Gasteiger partial charge in [0.15, 0.2) is 0 Å². The third-order valence-electron chi connectivity index (χ3n) is 1.85. The molecule has 1 unspecified atom stereocenters. The van der Waals surface area contributed by atoms with Crippen LogP contribution in [0.15, 0.2) is 22.7 Å². The highest BCUT2D eigenvalue weighted by molar-refractivity contribution is 9.10. The number of rotatable bonds is 3. The molecule has 0 aromatic heterocycles. The average molecular weight is 278 g/mol. The molecular formula is C9H10BrClN2O. The summed E-state index contributed by atoms with van der Waals surface area (Å²) in [4.78, 5) is 11.1. The SMILES string of the molecule is CNC(C(N)=O)c1ccc(Br)cc1Cl. The number of nitrogens with two attached hydrogens (primary N) is 1. The summed E-state index contributed by atoms with van der Waals surface area (Å²) in [6.45, 7) is 0. The van der Waals surface area contributed by atoms with Gasteiger partial charge in [-0.15, -0.1) is 0 Å². The van der Waals surface area contributed by atoms with E-state index in [-0.39, 0.29) is 0 Å².